The summed E-state index contributed by atoms with van der Waals surface area (Å²) >= 11 is 0. The first-order valence-electron chi connectivity index (χ1n) is 13.2. The van der Waals surface area contributed by atoms with Crippen molar-refractivity contribution >= 4 is 21.5 Å². The van der Waals surface area contributed by atoms with E-state index in [-0.39, 0.29) is 5.82 Å². The van der Waals surface area contributed by atoms with Crippen LogP contribution in [0.15, 0.2) is 17.1 Å². The van der Waals surface area contributed by atoms with E-state index in [0.29, 0.717) is 0 Å². The van der Waals surface area contributed by atoms with E-state index in [9.17, 15) is 29.0 Å². The van der Waals surface area contributed by atoms with Gasteiger partial charge in [-0.3, -0.25) is 13.9 Å². The highest BCUT2D eigenvalue weighted by Gasteiger charge is 2.45. The molecule has 0 spiro atoms. The van der Waals surface area contributed by atoms with Gasteiger partial charge in [-0.1, -0.05) is 41.5 Å². The molecule has 6 N–H and O–H groups in total. The summed E-state index contributed by atoms with van der Waals surface area (Å²) in [4.78, 5) is 51.2. The fourth-order valence-corrected chi connectivity index (χ4v) is 5.13. The summed E-state index contributed by atoms with van der Waals surface area (Å²) in [6.07, 6.45) is -4.94. The van der Waals surface area contributed by atoms with Gasteiger partial charge in [-0.15, -0.1) is 0 Å². The summed E-state index contributed by atoms with van der Waals surface area (Å²) in [6, 6.07) is 1.31. The Morgan fingerprint density at radius 2 is 1.44 bits per heavy atom. The van der Waals surface area contributed by atoms with Crippen LogP contribution < -0.4 is 11.2 Å². The molecule has 1 unspecified atom stereocenters. The zero-order valence-corrected chi connectivity index (χ0v) is 26.5. The molecule has 0 saturated carbocycles. The zero-order valence-electron chi connectivity index (χ0n) is 24.7. The number of aromatic nitrogens is 2. The highest BCUT2D eigenvalue weighted by Crippen LogP contribution is 2.57. The Bertz CT molecular complexity index is 982. The fourth-order valence-electron chi connectivity index (χ4n) is 3.53. The lowest BCUT2D eigenvalue weighted by Gasteiger charge is -2.18. The second kappa shape index (κ2) is 19.8. The zero-order chi connectivity index (χ0) is 31.8. The van der Waals surface area contributed by atoms with Crippen molar-refractivity contribution in [1.82, 2.24) is 19.4 Å². The van der Waals surface area contributed by atoms with Gasteiger partial charge in [0.25, 0.3) is 0 Å². The molecule has 5 atom stereocenters. The first-order valence-corrected chi connectivity index (χ1v) is 16.2. The number of hydrogen-bond acceptors (Lipinski definition) is 13. The molecule has 0 amide bonds. The van der Waals surface area contributed by atoms with E-state index in [1.165, 1.54) is 58.6 Å². The van der Waals surface area contributed by atoms with Gasteiger partial charge >= 0.3 is 21.3 Å². The summed E-state index contributed by atoms with van der Waals surface area (Å²) in [5.41, 5.74) is 1.45. The molecule has 1 aromatic heterocycles. The molecule has 1 saturated heterocycles. The topological polar surface area (TPSA) is 226 Å². The molecule has 0 aromatic carbocycles. The molecular formula is C22H47N5O12P2. The molecule has 19 heteroatoms. The molecule has 2 rings (SSSR count). The lowest BCUT2D eigenvalue weighted by Crippen LogP contribution is -2.36. The van der Waals surface area contributed by atoms with E-state index in [1.54, 1.807) is 0 Å². The van der Waals surface area contributed by atoms with Gasteiger partial charge in [0, 0.05) is 6.20 Å². The molecule has 242 valence electrons. The average molecular weight is 636 g/mol. The molecule has 1 fully saturated rings. The number of nitrogens with one attached hydrogen (secondary N) is 1. The molecule has 0 radical (unpaired) electrons. The standard InChI is InChI=1S/C10H17N3O12P2.2C6H15N/c1-22-12-6-2-3-13(10(16)11-6)9-8(15)7(14)5(24-9)4-23-27(20,21)25-26(17,18)19;2*1-4-7(5-2)6-3/h2-3,5,7-9,14-15H,4H2,1H3,(H,20,21)(H,11,12,16)(H2,17,18,19);2*4-6H2,1-3H3/t5-,7-,8-,9-;;/m1../s1. The highest BCUT2D eigenvalue weighted by atomic mass is 31.3. The van der Waals surface area contributed by atoms with Crippen molar-refractivity contribution in [1.29, 1.82) is 0 Å². The predicted molar refractivity (Wildman–Crippen MR) is 151 cm³/mol. The Morgan fingerprint density at radius 1 is 0.951 bits per heavy atom. The Hall–Kier alpha value is -1.30. The van der Waals surface area contributed by atoms with Crippen molar-refractivity contribution in [2.75, 3.05) is 58.5 Å². The van der Waals surface area contributed by atoms with Crippen LogP contribution in [0.3, 0.4) is 0 Å². The normalized spacial score (nSPS) is 22.0. The van der Waals surface area contributed by atoms with E-state index in [2.05, 4.69) is 75.5 Å². The van der Waals surface area contributed by atoms with Crippen molar-refractivity contribution in [3.05, 3.63) is 22.7 Å². The highest BCUT2D eigenvalue weighted by molar-refractivity contribution is 7.60. The Balaban J connectivity index is 0.000000941. The number of phosphoric ester groups is 1. The largest absolute Gasteiger partial charge is 0.481 e. The maximum absolute atomic E-state index is 12.0. The molecule has 17 nitrogen and oxygen atoms in total. The SMILES string of the molecule is CCN(CC)CC.CCN(CC)CC.CONc1ccn([C@@H]2O[C@H](COP(=O)(O)OP(=O)(O)O)[C@@H](O)[C@H]2O)c(=O)n1. The molecule has 1 aliphatic heterocycles. The second-order valence-electron chi connectivity index (χ2n) is 8.43. The van der Waals surface area contributed by atoms with Crippen LogP contribution in [0.4, 0.5) is 5.82 Å². The minimum absolute atomic E-state index is 0.0717. The predicted octanol–water partition coefficient (Wildman–Crippen LogP) is 0.758. The quantitative estimate of drug-likeness (QED) is 0.123. The minimum atomic E-state index is -5.31. The molecule has 0 bridgehead atoms. The average Bonchev–Trinajstić information content (AvgIpc) is 3.18. The van der Waals surface area contributed by atoms with Gasteiger partial charge in [-0.2, -0.15) is 9.29 Å². The van der Waals surface area contributed by atoms with Gasteiger partial charge in [-0.05, 0) is 45.3 Å². The Labute approximate surface area is 240 Å². The van der Waals surface area contributed by atoms with Crippen LogP contribution in [0, 0.1) is 0 Å². The number of hydrogen-bond donors (Lipinski definition) is 6. The number of nitrogens with zero attached hydrogens (tertiary/aromatic N) is 4. The fraction of sp³-hybridized carbons (Fsp3) is 0.818. The molecular weight excluding hydrogens is 588 g/mol. The summed E-state index contributed by atoms with van der Waals surface area (Å²) in [5, 5.41) is 20.0. The van der Waals surface area contributed by atoms with Gasteiger partial charge in [0.15, 0.2) is 12.0 Å². The Kier molecular flexibility index (Phi) is 19.2. The molecule has 1 aromatic rings. The number of aliphatic hydroxyl groups excluding tert-OH is 2. The van der Waals surface area contributed by atoms with Crippen LogP contribution in [0.2, 0.25) is 0 Å². The van der Waals surface area contributed by atoms with Gasteiger partial charge in [-0.25, -0.2) is 19.4 Å². The maximum Gasteiger partial charge on any atom is 0.481 e. The smallest absolute Gasteiger partial charge is 0.387 e. The summed E-state index contributed by atoms with van der Waals surface area (Å²) in [5.74, 6) is 0.0717. The molecule has 41 heavy (non-hydrogen) atoms. The first-order chi connectivity index (χ1) is 19.1. The third-order valence-electron chi connectivity index (χ3n) is 5.94. The van der Waals surface area contributed by atoms with E-state index in [4.69, 9.17) is 14.5 Å². The monoisotopic (exact) mass is 635 g/mol. The van der Waals surface area contributed by atoms with E-state index >= 15 is 0 Å². The van der Waals surface area contributed by atoms with Gasteiger partial charge in [0.05, 0.1) is 13.7 Å². The number of phosphoric acid groups is 2. The van der Waals surface area contributed by atoms with Crippen LogP contribution in [0.25, 0.3) is 0 Å². The van der Waals surface area contributed by atoms with E-state index < -0.39 is 52.5 Å². The maximum atomic E-state index is 12.0. The first kappa shape index (κ1) is 39.7. The summed E-state index contributed by atoms with van der Waals surface area (Å²) < 4.78 is 36.0. The van der Waals surface area contributed by atoms with Crippen LogP contribution in [0.1, 0.15) is 47.8 Å². The van der Waals surface area contributed by atoms with Crippen molar-refractivity contribution in [3.63, 3.8) is 0 Å². The number of aliphatic hydroxyl groups is 2. The molecule has 2 heterocycles. The third-order valence-corrected chi connectivity index (χ3v) is 8.09. The number of ether oxygens (including phenoxy) is 1. The third kappa shape index (κ3) is 15.1. The molecule has 0 aliphatic carbocycles. The lowest BCUT2D eigenvalue weighted by molar-refractivity contribution is -0.0541. The van der Waals surface area contributed by atoms with Crippen molar-refractivity contribution < 1.29 is 52.4 Å². The van der Waals surface area contributed by atoms with Crippen molar-refractivity contribution in [2.24, 2.45) is 0 Å². The van der Waals surface area contributed by atoms with Gasteiger partial charge in [0.1, 0.15) is 18.3 Å². The van der Waals surface area contributed by atoms with Crippen LogP contribution >= 0.6 is 15.6 Å². The van der Waals surface area contributed by atoms with Crippen molar-refractivity contribution in [3.8, 4) is 0 Å². The Morgan fingerprint density at radius 3 is 1.80 bits per heavy atom. The number of rotatable bonds is 14. The van der Waals surface area contributed by atoms with Gasteiger partial charge < -0.3 is 39.4 Å². The summed E-state index contributed by atoms with van der Waals surface area (Å²) in [6.45, 7) is 19.4. The van der Waals surface area contributed by atoms with Gasteiger partial charge in [0.2, 0.25) is 0 Å². The van der Waals surface area contributed by atoms with Crippen LogP contribution in [-0.4, -0.2) is 116 Å². The molecule has 1 aliphatic rings. The minimum Gasteiger partial charge on any atom is -0.387 e. The second-order valence-corrected chi connectivity index (χ2v) is 11.3. The van der Waals surface area contributed by atoms with Crippen LogP contribution in [-0.2, 0) is 27.5 Å². The lowest BCUT2D eigenvalue weighted by atomic mass is 10.1. The van der Waals surface area contributed by atoms with E-state index in [0.717, 1.165) is 4.57 Å². The number of anilines is 1. The summed E-state index contributed by atoms with van der Waals surface area (Å²) in [7, 11) is -9.18. The van der Waals surface area contributed by atoms with E-state index in [1.807, 2.05) is 0 Å². The van der Waals surface area contributed by atoms with Crippen molar-refractivity contribution in [2.45, 2.75) is 66.1 Å². The van der Waals surface area contributed by atoms with Crippen LogP contribution in [0.5, 0.6) is 0 Å².